The van der Waals surface area contributed by atoms with Crippen molar-refractivity contribution in [1.29, 1.82) is 0 Å². The van der Waals surface area contributed by atoms with E-state index in [-0.39, 0.29) is 23.0 Å². The average Bonchev–Trinajstić information content (AvgIpc) is 2.68. The van der Waals surface area contributed by atoms with Crippen LogP contribution in [0.3, 0.4) is 0 Å². The van der Waals surface area contributed by atoms with Gasteiger partial charge in [0.15, 0.2) is 0 Å². The Hall–Kier alpha value is -2.44. The first kappa shape index (κ1) is 20.3. The molecule has 0 radical (unpaired) electrons. The summed E-state index contributed by atoms with van der Waals surface area (Å²) in [6, 6.07) is 11.9. The minimum absolute atomic E-state index is 0.0853. The Morgan fingerprint density at radius 1 is 1.07 bits per heavy atom. The molecule has 1 heterocycles. The summed E-state index contributed by atoms with van der Waals surface area (Å²) in [7, 11) is 0. The first-order chi connectivity index (χ1) is 13.5. The third kappa shape index (κ3) is 4.69. The molecule has 0 spiro atoms. The van der Waals surface area contributed by atoms with E-state index in [0.717, 1.165) is 17.7 Å². The SMILES string of the molecule is CCc1ccccc1NC(=O)CN1CCN(C(=O)c2c(F)cccc2Cl)CC1. The van der Waals surface area contributed by atoms with Crippen molar-refractivity contribution in [3.63, 3.8) is 0 Å². The summed E-state index contributed by atoms with van der Waals surface area (Å²) in [5.41, 5.74) is 1.83. The van der Waals surface area contributed by atoms with Gasteiger partial charge in [-0.05, 0) is 30.2 Å². The summed E-state index contributed by atoms with van der Waals surface area (Å²) >= 11 is 5.99. The first-order valence-corrected chi connectivity index (χ1v) is 9.70. The van der Waals surface area contributed by atoms with E-state index in [4.69, 9.17) is 11.6 Å². The monoisotopic (exact) mass is 403 g/mol. The summed E-state index contributed by atoms with van der Waals surface area (Å²) in [6.45, 7) is 4.22. The molecule has 1 saturated heterocycles. The lowest BCUT2D eigenvalue weighted by Gasteiger charge is -2.34. The number of para-hydroxylation sites is 1. The van der Waals surface area contributed by atoms with E-state index >= 15 is 0 Å². The van der Waals surface area contributed by atoms with Gasteiger partial charge >= 0.3 is 0 Å². The Labute approximate surface area is 169 Å². The quantitative estimate of drug-likeness (QED) is 0.832. The zero-order chi connectivity index (χ0) is 20.1. The highest BCUT2D eigenvalue weighted by molar-refractivity contribution is 6.33. The zero-order valence-electron chi connectivity index (χ0n) is 15.8. The molecule has 7 heteroatoms. The van der Waals surface area contributed by atoms with Gasteiger partial charge in [-0.25, -0.2) is 4.39 Å². The lowest BCUT2D eigenvalue weighted by molar-refractivity contribution is -0.117. The highest BCUT2D eigenvalue weighted by atomic mass is 35.5. The molecule has 0 aliphatic carbocycles. The number of anilines is 1. The van der Waals surface area contributed by atoms with Crippen molar-refractivity contribution in [3.8, 4) is 0 Å². The van der Waals surface area contributed by atoms with Crippen LogP contribution in [0.25, 0.3) is 0 Å². The number of nitrogens with one attached hydrogen (secondary N) is 1. The maximum Gasteiger partial charge on any atom is 0.258 e. The molecule has 2 aromatic rings. The minimum Gasteiger partial charge on any atom is -0.336 e. The molecule has 0 bridgehead atoms. The van der Waals surface area contributed by atoms with E-state index in [1.807, 2.05) is 36.1 Å². The van der Waals surface area contributed by atoms with Crippen LogP contribution in [-0.4, -0.2) is 54.3 Å². The smallest absolute Gasteiger partial charge is 0.258 e. The molecule has 0 saturated carbocycles. The Morgan fingerprint density at radius 3 is 2.46 bits per heavy atom. The number of rotatable bonds is 5. The Bertz CT molecular complexity index is 846. The van der Waals surface area contributed by atoms with Gasteiger partial charge in [-0.2, -0.15) is 0 Å². The lowest BCUT2D eigenvalue weighted by Crippen LogP contribution is -2.50. The largest absolute Gasteiger partial charge is 0.336 e. The van der Waals surface area contributed by atoms with Crippen molar-refractivity contribution >= 4 is 29.1 Å². The molecule has 1 fully saturated rings. The zero-order valence-corrected chi connectivity index (χ0v) is 16.5. The highest BCUT2D eigenvalue weighted by Gasteiger charge is 2.26. The van der Waals surface area contributed by atoms with Crippen LogP contribution in [0.5, 0.6) is 0 Å². The second-order valence-electron chi connectivity index (χ2n) is 6.72. The van der Waals surface area contributed by atoms with Crippen molar-refractivity contribution in [2.24, 2.45) is 0 Å². The van der Waals surface area contributed by atoms with Crippen molar-refractivity contribution in [2.45, 2.75) is 13.3 Å². The fraction of sp³-hybridized carbons (Fsp3) is 0.333. The summed E-state index contributed by atoms with van der Waals surface area (Å²) in [5.74, 6) is -1.12. The maximum absolute atomic E-state index is 14.0. The second-order valence-corrected chi connectivity index (χ2v) is 7.13. The number of aryl methyl sites for hydroxylation is 1. The molecular weight excluding hydrogens is 381 g/mol. The predicted molar refractivity (Wildman–Crippen MR) is 108 cm³/mol. The van der Waals surface area contributed by atoms with Crippen LogP contribution in [0.1, 0.15) is 22.8 Å². The molecule has 0 aromatic heterocycles. The van der Waals surface area contributed by atoms with E-state index in [0.29, 0.717) is 26.2 Å². The van der Waals surface area contributed by atoms with Crippen LogP contribution >= 0.6 is 11.6 Å². The second kappa shape index (κ2) is 9.17. The molecule has 1 N–H and O–H groups in total. The third-order valence-corrected chi connectivity index (χ3v) is 5.19. The van der Waals surface area contributed by atoms with Crippen molar-refractivity contribution < 1.29 is 14.0 Å². The fourth-order valence-corrected chi connectivity index (χ4v) is 3.56. The van der Waals surface area contributed by atoms with Gasteiger partial charge in [-0.1, -0.05) is 42.8 Å². The van der Waals surface area contributed by atoms with Gasteiger partial charge < -0.3 is 10.2 Å². The number of halogens is 2. The minimum atomic E-state index is -0.617. The fourth-order valence-electron chi connectivity index (χ4n) is 3.31. The molecule has 1 aliphatic heterocycles. The predicted octanol–water partition coefficient (Wildman–Crippen LogP) is 3.44. The van der Waals surface area contributed by atoms with Crippen LogP contribution in [0.4, 0.5) is 10.1 Å². The number of carbonyl (C=O) groups is 2. The summed E-state index contributed by atoms with van der Waals surface area (Å²) < 4.78 is 14.0. The van der Waals surface area contributed by atoms with Gasteiger partial charge in [0.1, 0.15) is 5.82 Å². The molecule has 148 valence electrons. The van der Waals surface area contributed by atoms with Crippen molar-refractivity contribution in [3.05, 3.63) is 64.4 Å². The molecule has 2 aromatic carbocycles. The van der Waals surface area contributed by atoms with Gasteiger partial charge in [0.25, 0.3) is 5.91 Å². The Balaban J connectivity index is 1.54. The van der Waals surface area contributed by atoms with Gasteiger partial charge in [0, 0.05) is 31.9 Å². The lowest BCUT2D eigenvalue weighted by atomic mass is 10.1. The summed E-state index contributed by atoms with van der Waals surface area (Å²) in [5, 5.41) is 3.07. The maximum atomic E-state index is 14.0. The number of carbonyl (C=O) groups excluding carboxylic acids is 2. The van der Waals surface area contributed by atoms with Gasteiger partial charge in [0.2, 0.25) is 5.91 Å². The molecule has 2 amide bonds. The standard InChI is InChI=1S/C21H23ClFN3O2/c1-2-15-6-3-4-9-18(15)24-19(27)14-25-10-12-26(13-11-25)21(28)20-16(22)7-5-8-17(20)23/h3-9H,2,10-14H2,1H3,(H,24,27). The third-order valence-electron chi connectivity index (χ3n) is 4.88. The number of hydrogen-bond acceptors (Lipinski definition) is 3. The number of benzene rings is 2. The molecule has 5 nitrogen and oxygen atoms in total. The van der Waals surface area contributed by atoms with E-state index in [2.05, 4.69) is 5.32 Å². The number of hydrogen-bond donors (Lipinski definition) is 1. The first-order valence-electron chi connectivity index (χ1n) is 9.33. The highest BCUT2D eigenvalue weighted by Crippen LogP contribution is 2.21. The Morgan fingerprint density at radius 2 is 1.79 bits per heavy atom. The molecule has 28 heavy (non-hydrogen) atoms. The van der Waals surface area contributed by atoms with Crippen molar-refractivity contribution in [1.82, 2.24) is 9.80 Å². The van der Waals surface area contributed by atoms with Crippen LogP contribution < -0.4 is 5.32 Å². The number of nitrogens with zero attached hydrogens (tertiary/aromatic N) is 2. The van der Waals surface area contributed by atoms with Crippen LogP contribution in [-0.2, 0) is 11.2 Å². The van der Waals surface area contributed by atoms with Gasteiger partial charge in [-0.3, -0.25) is 14.5 Å². The van der Waals surface area contributed by atoms with E-state index in [1.54, 1.807) is 4.90 Å². The molecule has 0 atom stereocenters. The molecule has 3 rings (SSSR count). The van der Waals surface area contributed by atoms with Crippen molar-refractivity contribution in [2.75, 3.05) is 38.0 Å². The average molecular weight is 404 g/mol. The van der Waals surface area contributed by atoms with E-state index in [1.165, 1.54) is 18.2 Å². The molecule has 0 unspecified atom stereocenters. The topological polar surface area (TPSA) is 52.7 Å². The summed E-state index contributed by atoms with van der Waals surface area (Å²) in [6.07, 6.45) is 0.843. The number of piperazine rings is 1. The van der Waals surface area contributed by atoms with Crippen LogP contribution in [0.2, 0.25) is 5.02 Å². The van der Waals surface area contributed by atoms with Gasteiger partial charge in [-0.15, -0.1) is 0 Å². The van der Waals surface area contributed by atoms with E-state index < -0.39 is 11.7 Å². The molecule has 1 aliphatic rings. The number of amides is 2. The normalized spacial score (nSPS) is 14.8. The summed E-state index contributed by atoms with van der Waals surface area (Å²) in [4.78, 5) is 28.5. The molecular formula is C21H23ClFN3O2. The van der Waals surface area contributed by atoms with E-state index in [9.17, 15) is 14.0 Å². The Kier molecular flexibility index (Phi) is 6.65. The van der Waals surface area contributed by atoms with Crippen LogP contribution in [0.15, 0.2) is 42.5 Å². The van der Waals surface area contributed by atoms with Crippen LogP contribution in [0, 0.1) is 5.82 Å². The van der Waals surface area contributed by atoms with Gasteiger partial charge in [0.05, 0.1) is 17.1 Å².